The molecule has 1 nitrogen and oxygen atoms in total. The summed E-state index contributed by atoms with van der Waals surface area (Å²) in [6.07, 6.45) is 6.60. The Morgan fingerprint density at radius 1 is 0.667 bits per heavy atom. The molecule has 0 spiro atoms. The molecule has 1 fully saturated rings. The van der Waals surface area contributed by atoms with Crippen molar-refractivity contribution in [2.75, 3.05) is 6.61 Å². The third-order valence-electron chi connectivity index (χ3n) is 8.17. The molecule has 0 radical (unpaired) electrons. The SMILES string of the molecule is CCCCCC1CCC(c2ccc(-c3cc(F)c(C(F)=C(F)c4ccc(-c5cc(F)c(F)c(F)c5)c(F)c4)c(F)c3)cc2)OC1. The van der Waals surface area contributed by atoms with E-state index in [2.05, 4.69) is 6.92 Å². The summed E-state index contributed by atoms with van der Waals surface area (Å²) in [4.78, 5) is 0. The van der Waals surface area contributed by atoms with Gasteiger partial charge >= 0.3 is 0 Å². The van der Waals surface area contributed by atoms with E-state index in [4.69, 9.17) is 4.74 Å². The summed E-state index contributed by atoms with van der Waals surface area (Å²) in [5.41, 5.74) is -1.32. The normalized spacial score (nSPS) is 17.4. The average molecular weight is 631 g/mol. The van der Waals surface area contributed by atoms with Crippen LogP contribution in [-0.4, -0.2) is 6.61 Å². The molecule has 0 saturated carbocycles. The fourth-order valence-electron chi connectivity index (χ4n) is 5.65. The Kier molecular flexibility index (Phi) is 10.1. The maximum atomic E-state index is 15.1. The van der Waals surface area contributed by atoms with E-state index in [1.165, 1.54) is 19.3 Å². The van der Waals surface area contributed by atoms with Gasteiger partial charge in [0.15, 0.2) is 29.1 Å². The van der Waals surface area contributed by atoms with Crippen LogP contribution >= 0.6 is 0 Å². The second-order valence-electron chi connectivity index (χ2n) is 11.3. The maximum Gasteiger partial charge on any atom is 0.194 e. The van der Waals surface area contributed by atoms with E-state index >= 15 is 17.6 Å². The van der Waals surface area contributed by atoms with Gasteiger partial charge in [-0.2, -0.15) is 0 Å². The lowest BCUT2D eigenvalue weighted by Gasteiger charge is -2.29. The largest absolute Gasteiger partial charge is 0.373 e. The number of unbranched alkanes of at least 4 members (excludes halogenated alkanes) is 2. The summed E-state index contributed by atoms with van der Waals surface area (Å²) in [5.74, 6) is -12.0. The topological polar surface area (TPSA) is 9.23 Å². The molecular weight excluding hydrogens is 600 g/mol. The van der Waals surface area contributed by atoms with Gasteiger partial charge in [0.25, 0.3) is 0 Å². The van der Waals surface area contributed by atoms with Crippen molar-refractivity contribution >= 4 is 11.7 Å². The van der Waals surface area contributed by atoms with Crippen molar-refractivity contribution in [1.82, 2.24) is 0 Å². The van der Waals surface area contributed by atoms with E-state index in [0.717, 1.165) is 49.1 Å². The van der Waals surface area contributed by atoms with Gasteiger partial charge in [-0.1, -0.05) is 62.6 Å². The van der Waals surface area contributed by atoms with Crippen molar-refractivity contribution < 1.29 is 39.9 Å². The summed E-state index contributed by atoms with van der Waals surface area (Å²) in [6, 6.07) is 12.0. The number of rotatable bonds is 9. The van der Waals surface area contributed by atoms with Crippen molar-refractivity contribution in [1.29, 1.82) is 0 Å². The molecule has 4 aromatic rings. The van der Waals surface area contributed by atoms with E-state index in [-0.39, 0.29) is 11.7 Å². The van der Waals surface area contributed by atoms with Crippen LogP contribution in [-0.2, 0) is 4.74 Å². The Hall–Kier alpha value is -3.98. The zero-order valence-electron chi connectivity index (χ0n) is 24.4. The summed E-state index contributed by atoms with van der Waals surface area (Å²) in [7, 11) is 0. The molecule has 1 aliphatic rings. The van der Waals surface area contributed by atoms with Crippen LogP contribution in [0.15, 0.2) is 66.7 Å². The number of hydrogen-bond acceptors (Lipinski definition) is 1. The van der Waals surface area contributed by atoms with E-state index < -0.39 is 68.8 Å². The highest BCUT2D eigenvalue weighted by Crippen LogP contribution is 2.37. The number of hydrogen-bond donors (Lipinski definition) is 0. The van der Waals surface area contributed by atoms with Crippen LogP contribution in [0, 0.1) is 40.8 Å². The molecule has 1 saturated heterocycles. The van der Waals surface area contributed by atoms with Crippen LogP contribution in [0.3, 0.4) is 0 Å². The first-order valence-electron chi connectivity index (χ1n) is 14.8. The van der Waals surface area contributed by atoms with Crippen molar-refractivity contribution in [3.05, 3.63) is 118 Å². The number of ether oxygens (including phenoxy) is 1. The van der Waals surface area contributed by atoms with Crippen LogP contribution in [0.25, 0.3) is 33.9 Å². The van der Waals surface area contributed by atoms with E-state index in [9.17, 15) is 17.6 Å². The second-order valence-corrected chi connectivity index (χ2v) is 11.3. The quantitative estimate of drug-likeness (QED) is 0.0774. The number of benzene rings is 4. The second kappa shape index (κ2) is 14.0. The molecule has 4 aromatic carbocycles. The highest BCUT2D eigenvalue weighted by Gasteiger charge is 2.24. The Morgan fingerprint density at radius 2 is 1.31 bits per heavy atom. The molecule has 0 bridgehead atoms. The van der Waals surface area contributed by atoms with Gasteiger partial charge in [-0.15, -0.1) is 0 Å². The van der Waals surface area contributed by atoms with Gasteiger partial charge in [-0.05, 0) is 77.8 Å². The molecule has 236 valence electrons. The highest BCUT2D eigenvalue weighted by atomic mass is 19.2. The van der Waals surface area contributed by atoms with Crippen LogP contribution in [0.1, 0.15) is 68.2 Å². The molecule has 9 heteroatoms. The van der Waals surface area contributed by atoms with E-state index in [1.54, 1.807) is 12.1 Å². The summed E-state index contributed by atoms with van der Waals surface area (Å²) in [5, 5.41) is 0. The van der Waals surface area contributed by atoms with Crippen molar-refractivity contribution in [3.63, 3.8) is 0 Å². The summed E-state index contributed by atoms with van der Waals surface area (Å²) >= 11 is 0. The number of halogens is 8. The van der Waals surface area contributed by atoms with Gasteiger partial charge in [-0.3, -0.25) is 0 Å². The minimum Gasteiger partial charge on any atom is -0.373 e. The van der Waals surface area contributed by atoms with Crippen LogP contribution in [0.4, 0.5) is 35.1 Å². The van der Waals surface area contributed by atoms with Gasteiger partial charge in [0, 0.05) is 11.1 Å². The molecule has 0 N–H and O–H groups in total. The van der Waals surface area contributed by atoms with Crippen molar-refractivity contribution in [2.24, 2.45) is 5.92 Å². The van der Waals surface area contributed by atoms with Gasteiger partial charge < -0.3 is 4.74 Å². The average Bonchev–Trinajstić information content (AvgIpc) is 3.03. The molecule has 45 heavy (non-hydrogen) atoms. The van der Waals surface area contributed by atoms with Crippen LogP contribution in [0.2, 0.25) is 0 Å². The van der Waals surface area contributed by atoms with Crippen molar-refractivity contribution in [2.45, 2.75) is 51.6 Å². The lowest BCUT2D eigenvalue weighted by molar-refractivity contribution is -0.0198. The Bertz CT molecular complexity index is 1660. The summed E-state index contributed by atoms with van der Waals surface area (Å²) < 4.78 is 121. The molecule has 0 amide bonds. The van der Waals surface area contributed by atoms with Gasteiger partial charge in [0.05, 0.1) is 18.3 Å². The molecule has 5 rings (SSSR count). The lowest BCUT2D eigenvalue weighted by Crippen LogP contribution is -2.20. The first kappa shape index (κ1) is 32.4. The Labute approximate surface area is 256 Å². The Balaban J connectivity index is 1.33. The summed E-state index contributed by atoms with van der Waals surface area (Å²) in [6.45, 7) is 2.86. The molecular formula is C36H30F8O. The molecule has 2 atom stereocenters. The van der Waals surface area contributed by atoms with Gasteiger partial charge in [-0.25, -0.2) is 35.1 Å². The molecule has 1 heterocycles. The van der Waals surface area contributed by atoms with Crippen LogP contribution < -0.4 is 0 Å². The predicted octanol–water partition coefficient (Wildman–Crippen LogP) is 11.7. The lowest BCUT2D eigenvalue weighted by atomic mass is 9.90. The predicted molar refractivity (Wildman–Crippen MR) is 158 cm³/mol. The molecule has 0 aliphatic carbocycles. The zero-order valence-corrected chi connectivity index (χ0v) is 24.4. The standard InChI is InChI=1S/C36H30F8O/c1-2-3-4-5-20-6-13-32(45-19-20)22-9-7-21(8-10-22)24-15-28(38)33(29(39)16-24)36(44)34(42)23-11-12-26(27(37)14-23)25-17-30(40)35(43)31(41)18-25/h7-12,14-18,20,32H,2-6,13,19H2,1H3. The first-order valence-corrected chi connectivity index (χ1v) is 14.8. The minimum absolute atomic E-state index is 0.0727. The van der Waals surface area contributed by atoms with Crippen molar-refractivity contribution in [3.8, 4) is 22.3 Å². The van der Waals surface area contributed by atoms with Gasteiger partial charge in [0.2, 0.25) is 0 Å². The molecule has 1 aliphatic heterocycles. The van der Waals surface area contributed by atoms with Crippen LogP contribution in [0.5, 0.6) is 0 Å². The first-order chi connectivity index (χ1) is 21.6. The maximum absolute atomic E-state index is 15.1. The minimum atomic E-state index is -1.90. The third kappa shape index (κ3) is 7.14. The van der Waals surface area contributed by atoms with E-state index in [0.29, 0.717) is 36.3 Å². The fraction of sp³-hybridized carbons (Fsp3) is 0.278. The molecule has 0 aromatic heterocycles. The van der Waals surface area contributed by atoms with Gasteiger partial charge in [0.1, 0.15) is 17.5 Å². The molecule has 2 unspecified atom stereocenters. The Morgan fingerprint density at radius 3 is 1.89 bits per heavy atom. The monoisotopic (exact) mass is 630 g/mol. The smallest absolute Gasteiger partial charge is 0.194 e. The fourth-order valence-corrected chi connectivity index (χ4v) is 5.65. The highest BCUT2D eigenvalue weighted by molar-refractivity contribution is 5.85. The third-order valence-corrected chi connectivity index (χ3v) is 8.17. The van der Waals surface area contributed by atoms with E-state index in [1.807, 2.05) is 12.1 Å². The zero-order chi connectivity index (χ0) is 32.2.